The van der Waals surface area contributed by atoms with Gasteiger partial charge >= 0.3 is 0 Å². The van der Waals surface area contributed by atoms with Crippen molar-refractivity contribution >= 4 is 27.5 Å². The molecule has 0 radical (unpaired) electrons. The molecule has 1 heterocycles. The Morgan fingerprint density at radius 2 is 2.09 bits per heavy atom. The predicted molar refractivity (Wildman–Crippen MR) is 85.3 cm³/mol. The first-order valence-corrected chi connectivity index (χ1v) is 8.93. The largest absolute Gasteiger partial charge is 0.351 e. The molecule has 1 atom stereocenters. The Balaban J connectivity index is 1.96. The van der Waals surface area contributed by atoms with Crippen molar-refractivity contribution in [2.24, 2.45) is 0 Å². The van der Waals surface area contributed by atoms with Crippen LogP contribution in [0.3, 0.4) is 0 Å². The van der Waals surface area contributed by atoms with Crippen LogP contribution in [0.5, 0.6) is 0 Å². The Hall–Kier alpha value is -1.15. The molecular weight excluding hydrogens is 326 g/mol. The third-order valence-electron chi connectivity index (χ3n) is 3.55. The van der Waals surface area contributed by atoms with Crippen molar-refractivity contribution in [2.75, 3.05) is 26.7 Å². The topological polar surface area (TPSA) is 78.5 Å². The molecule has 8 heteroatoms. The van der Waals surface area contributed by atoms with E-state index in [1.54, 1.807) is 0 Å². The van der Waals surface area contributed by atoms with Crippen LogP contribution in [0, 0.1) is 0 Å². The second-order valence-corrected chi connectivity index (χ2v) is 7.81. The lowest BCUT2D eigenvalue weighted by Gasteiger charge is -2.25. The summed E-state index contributed by atoms with van der Waals surface area (Å²) in [5, 5.41) is 6.51. The van der Waals surface area contributed by atoms with Gasteiger partial charge in [0.15, 0.2) is 0 Å². The van der Waals surface area contributed by atoms with E-state index in [0.29, 0.717) is 5.02 Å². The van der Waals surface area contributed by atoms with Crippen molar-refractivity contribution in [3.8, 4) is 0 Å². The minimum Gasteiger partial charge on any atom is -0.351 e. The number of nitrogens with one attached hydrogen (secondary N) is 2. The highest BCUT2D eigenvalue weighted by molar-refractivity contribution is 7.89. The van der Waals surface area contributed by atoms with E-state index in [9.17, 15) is 13.2 Å². The average Bonchev–Trinajstić information content (AvgIpc) is 2.48. The van der Waals surface area contributed by atoms with Crippen LogP contribution in [-0.4, -0.2) is 51.4 Å². The highest BCUT2D eigenvalue weighted by Crippen LogP contribution is 2.17. The Bertz CT molecular complexity index is 613. The Kier molecular flexibility index (Phi) is 5.80. The van der Waals surface area contributed by atoms with Crippen molar-refractivity contribution < 1.29 is 13.2 Å². The van der Waals surface area contributed by atoms with E-state index in [1.807, 2.05) is 0 Å². The molecule has 1 amide bonds. The number of carbonyl (C=O) groups excluding carboxylic acids is 1. The number of rotatable bonds is 5. The molecule has 122 valence electrons. The molecule has 1 aromatic rings. The summed E-state index contributed by atoms with van der Waals surface area (Å²) < 4.78 is 25.8. The number of sulfonamides is 1. The standard InChI is InChI=1S/C14H20ClN3O3S/c1-18(10-14(19)17-12-3-2-8-16-9-12)22(20,21)13-6-4-11(15)5-7-13/h4-7,12,16H,2-3,8-10H2,1H3,(H,17,19). The zero-order valence-electron chi connectivity index (χ0n) is 12.4. The molecule has 0 saturated carbocycles. The third kappa shape index (κ3) is 4.42. The number of hydrogen-bond donors (Lipinski definition) is 2. The van der Waals surface area contributed by atoms with E-state index < -0.39 is 10.0 Å². The summed E-state index contributed by atoms with van der Waals surface area (Å²) in [6.07, 6.45) is 1.91. The smallest absolute Gasteiger partial charge is 0.243 e. The number of hydrogen-bond acceptors (Lipinski definition) is 4. The lowest BCUT2D eigenvalue weighted by Crippen LogP contribution is -2.48. The lowest BCUT2D eigenvalue weighted by molar-refractivity contribution is -0.121. The number of nitrogens with zero attached hydrogens (tertiary/aromatic N) is 1. The van der Waals surface area contributed by atoms with E-state index in [4.69, 9.17) is 11.6 Å². The monoisotopic (exact) mass is 345 g/mol. The van der Waals surface area contributed by atoms with Gasteiger partial charge in [0.25, 0.3) is 0 Å². The summed E-state index contributed by atoms with van der Waals surface area (Å²) in [6.45, 7) is 1.47. The van der Waals surface area contributed by atoms with E-state index in [-0.39, 0.29) is 23.4 Å². The number of carbonyl (C=O) groups is 1. The summed E-state index contributed by atoms with van der Waals surface area (Å²) in [5.41, 5.74) is 0. The van der Waals surface area contributed by atoms with Gasteiger partial charge in [0.1, 0.15) is 0 Å². The summed E-state index contributed by atoms with van der Waals surface area (Å²) in [5.74, 6) is -0.297. The van der Waals surface area contributed by atoms with Crippen LogP contribution in [-0.2, 0) is 14.8 Å². The quantitative estimate of drug-likeness (QED) is 0.828. The molecule has 6 nitrogen and oxygen atoms in total. The van der Waals surface area contributed by atoms with E-state index in [0.717, 1.165) is 30.2 Å². The van der Waals surface area contributed by atoms with Gasteiger partial charge in [0.2, 0.25) is 15.9 Å². The van der Waals surface area contributed by atoms with Gasteiger partial charge in [0.05, 0.1) is 11.4 Å². The highest BCUT2D eigenvalue weighted by Gasteiger charge is 2.24. The molecule has 1 fully saturated rings. The van der Waals surface area contributed by atoms with Gasteiger partial charge in [-0.15, -0.1) is 0 Å². The number of benzene rings is 1. The second kappa shape index (κ2) is 7.41. The molecular formula is C14H20ClN3O3S. The summed E-state index contributed by atoms with van der Waals surface area (Å²) in [4.78, 5) is 12.1. The maximum Gasteiger partial charge on any atom is 0.243 e. The first kappa shape index (κ1) is 17.2. The van der Waals surface area contributed by atoms with Gasteiger partial charge in [0, 0.05) is 24.7 Å². The average molecular weight is 346 g/mol. The van der Waals surface area contributed by atoms with Gasteiger partial charge in [-0.1, -0.05) is 11.6 Å². The van der Waals surface area contributed by atoms with Crippen molar-refractivity contribution in [3.05, 3.63) is 29.3 Å². The summed E-state index contributed by atoms with van der Waals surface area (Å²) in [6, 6.07) is 5.94. The van der Waals surface area contributed by atoms with Gasteiger partial charge in [-0.3, -0.25) is 4.79 Å². The van der Waals surface area contributed by atoms with Crippen LogP contribution in [0.4, 0.5) is 0 Å². The fourth-order valence-electron chi connectivity index (χ4n) is 2.32. The second-order valence-electron chi connectivity index (χ2n) is 5.33. The molecule has 2 N–H and O–H groups in total. The molecule has 1 aliphatic heterocycles. The zero-order valence-corrected chi connectivity index (χ0v) is 14.0. The van der Waals surface area contributed by atoms with Crippen LogP contribution in [0.25, 0.3) is 0 Å². The number of piperidine rings is 1. The van der Waals surface area contributed by atoms with Crippen molar-refractivity contribution in [3.63, 3.8) is 0 Å². The van der Waals surface area contributed by atoms with Gasteiger partial charge < -0.3 is 10.6 Å². The van der Waals surface area contributed by atoms with Gasteiger partial charge in [-0.05, 0) is 43.7 Å². The van der Waals surface area contributed by atoms with Crippen molar-refractivity contribution in [1.29, 1.82) is 0 Å². The predicted octanol–water partition coefficient (Wildman–Crippen LogP) is 0.829. The van der Waals surface area contributed by atoms with Crippen molar-refractivity contribution in [2.45, 2.75) is 23.8 Å². The lowest BCUT2D eigenvalue weighted by atomic mass is 10.1. The highest BCUT2D eigenvalue weighted by atomic mass is 35.5. The molecule has 1 unspecified atom stereocenters. The van der Waals surface area contributed by atoms with Crippen LogP contribution < -0.4 is 10.6 Å². The molecule has 0 aromatic heterocycles. The zero-order chi connectivity index (χ0) is 16.2. The molecule has 0 bridgehead atoms. The van der Waals surface area contributed by atoms with Crippen LogP contribution in [0.1, 0.15) is 12.8 Å². The van der Waals surface area contributed by atoms with E-state index in [1.165, 1.54) is 31.3 Å². The minimum atomic E-state index is -3.69. The first-order valence-electron chi connectivity index (χ1n) is 7.11. The number of halogens is 1. The number of likely N-dealkylation sites (N-methyl/N-ethyl adjacent to an activating group) is 1. The Morgan fingerprint density at radius 3 is 2.68 bits per heavy atom. The fourth-order valence-corrected chi connectivity index (χ4v) is 3.58. The van der Waals surface area contributed by atoms with Crippen LogP contribution in [0.2, 0.25) is 5.02 Å². The normalized spacial score (nSPS) is 19.1. The maximum absolute atomic E-state index is 12.4. The summed E-state index contributed by atoms with van der Waals surface area (Å²) >= 11 is 5.76. The fraction of sp³-hybridized carbons (Fsp3) is 0.500. The minimum absolute atomic E-state index is 0.0629. The Labute approximate surface area is 135 Å². The molecule has 1 saturated heterocycles. The van der Waals surface area contributed by atoms with E-state index >= 15 is 0 Å². The Morgan fingerprint density at radius 1 is 1.41 bits per heavy atom. The molecule has 22 heavy (non-hydrogen) atoms. The molecule has 2 rings (SSSR count). The van der Waals surface area contributed by atoms with Crippen LogP contribution >= 0.6 is 11.6 Å². The molecule has 0 aliphatic carbocycles. The van der Waals surface area contributed by atoms with Crippen molar-refractivity contribution in [1.82, 2.24) is 14.9 Å². The maximum atomic E-state index is 12.4. The third-order valence-corrected chi connectivity index (χ3v) is 5.62. The van der Waals surface area contributed by atoms with Gasteiger partial charge in [-0.25, -0.2) is 8.42 Å². The van der Waals surface area contributed by atoms with Crippen LogP contribution in [0.15, 0.2) is 29.2 Å². The summed E-state index contributed by atoms with van der Waals surface area (Å²) in [7, 11) is -2.30. The first-order chi connectivity index (χ1) is 10.4. The number of amides is 1. The SMILES string of the molecule is CN(CC(=O)NC1CCCNC1)S(=O)(=O)c1ccc(Cl)cc1. The molecule has 1 aliphatic rings. The molecule has 1 aromatic carbocycles. The van der Waals surface area contributed by atoms with E-state index in [2.05, 4.69) is 10.6 Å². The van der Waals surface area contributed by atoms with Gasteiger partial charge in [-0.2, -0.15) is 4.31 Å². The molecule has 0 spiro atoms.